The number of fused-ring (bicyclic) bond motifs is 1. The van der Waals surface area contributed by atoms with E-state index in [1.807, 2.05) is 0 Å². The summed E-state index contributed by atoms with van der Waals surface area (Å²) in [7, 11) is 0. The second-order valence-electron chi connectivity index (χ2n) is 2.19. The lowest BCUT2D eigenvalue weighted by atomic mass is 10.3. The molecule has 2 nitrogen and oxygen atoms in total. The molecule has 0 bridgehead atoms. The molecule has 0 fully saturated rings. The van der Waals surface area contributed by atoms with Crippen molar-refractivity contribution in [1.82, 2.24) is 9.97 Å². The van der Waals surface area contributed by atoms with Crippen LogP contribution in [0.5, 0.6) is 0 Å². The lowest BCUT2D eigenvalue weighted by Crippen LogP contribution is -1.73. The molecule has 0 saturated carbocycles. The Morgan fingerprint density at radius 3 is 3.00 bits per heavy atom. The largest absolute Gasteiger partial charge is 0.358 e. The van der Waals surface area contributed by atoms with Crippen LogP contribution in [0.3, 0.4) is 0 Å². The Kier molecular flexibility index (Phi) is 1.51. The fourth-order valence-corrected chi connectivity index (χ4v) is 1.33. The van der Waals surface area contributed by atoms with E-state index >= 15 is 0 Å². The summed E-state index contributed by atoms with van der Waals surface area (Å²) in [6.07, 6.45) is 3.37. The van der Waals surface area contributed by atoms with Gasteiger partial charge in [0.05, 0.1) is 16.7 Å². The Hall–Kier alpha value is -0.730. The zero-order chi connectivity index (χ0) is 7.84. The number of H-pyrrole nitrogens is 1. The third-order valence-electron chi connectivity index (χ3n) is 1.48. The van der Waals surface area contributed by atoms with Gasteiger partial charge in [-0.2, -0.15) is 0 Å². The minimum Gasteiger partial charge on any atom is -0.358 e. The van der Waals surface area contributed by atoms with E-state index in [1.54, 1.807) is 18.5 Å². The number of rotatable bonds is 0. The molecular formula is C7H4Cl2N2. The van der Waals surface area contributed by atoms with Gasteiger partial charge < -0.3 is 4.98 Å². The standard InChI is InChI=1S/C7H4Cl2N2/c8-5-2-10-6-3-11-7(9)1-4(5)6/h1-3,10H. The van der Waals surface area contributed by atoms with Crippen LogP contribution in [0.25, 0.3) is 10.9 Å². The van der Waals surface area contributed by atoms with Crippen molar-refractivity contribution >= 4 is 34.1 Å². The van der Waals surface area contributed by atoms with Crippen LogP contribution < -0.4 is 0 Å². The summed E-state index contributed by atoms with van der Waals surface area (Å²) in [6, 6.07) is 1.73. The summed E-state index contributed by atoms with van der Waals surface area (Å²) in [5.74, 6) is 0. The highest BCUT2D eigenvalue weighted by Gasteiger charge is 2.00. The van der Waals surface area contributed by atoms with Gasteiger partial charge in [-0.3, -0.25) is 0 Å². The van der Waals surface area contributed by atoms with Gasteiger partial charge in [0.15, 0.2) is 0 Å². The number of aromatic nitrogens is 2. The molecule has 2 rings (SSSR count). The molecule has 2 heterocycles. The number of nitrogens with zero attached hydrogens (tertiary/aromatic N) is 1. The first-order valence-electron chi connectivity index (χ1n) is 3.05. The zero-order valence-corrected chi connectivity index (χ0v) is 6.95. The number of halogens is 2. The van der Waals surface area contributed by atoms with E-state index in [1.165, 1.54) is 0 Å². The molecule has 0 saturated heterocycles. The minimum absolute atomic E-state index is 0.457. The Morgan fingerprint density at radius 1 is 1.36 bits per heavy atom. The lowest BCUT2D eigenvalue weighted by Gasteiger charge is -1.89. The van der Waals surface area contributed by atoms with Crippen molar-refractivity contribution in [2.24, 2.45) is 0 Å². The second-order valence-corrected chi connectivity index (χ2v) is 2.98. The van der Waals surface area contributed by atoms with Crippen LogP contribution >= 0.6 is 23.2 Å². The molecule has 0 aliphatic rings. The second kappa shape index (κ2) is 2.40. The van der Waals surface area contributed by atoms with Crippen molar-refractivity contribution in [2.45, 2.75) is 0 Å². The number of pyridine rings is 1. The molecule has 2 aromatic rings. The van der Waals surface area contributed by atoms with Gasteiger partial charge in [0.25, 0.3) is 0 Å². The average molecular weight is 187 g/mol. The van der Waals surface area contributed by atoms with E-state index in [2.05, 4.69) is 9.97 Å². The Bertz CT molecular complexity index is 394. The molecule has 56 valence electrons. The Labute approximate surface area is 73.1 Å². The summed E-state index contributed by atoms with van der Waals surface area (Å²) in [5.41, 5.74) is 0.902. The summed E-state index contributed by atoms with van der Waals surface area (Å²) in [6.45, 7) is 0. The topological polar surface area (TPSA) is 28.7 Å². The minimum atomic E-state index is 0.457. The third-order valence-corrected chi connectivity index (χ3v) is 2.00. The predicted octanol–water partition coefficient (Wildman–Crippen LogP) is 2.87. The molecule has 0 amide bonds. The first-order chi connectivity index (χ1) is 5.27. The van der Waals surface area contributed by atoms with Crippen LogP contribution in [0.4, 0.5) is 0 Å². The van der Waals surface area contributed by atoms with Gasteiger partial charge in [0.2, 0.25) is 0 Å². The van der Waals surface area contributed by atoms with Crippen LogP contribution in [0, 0.1) is 0 Å². The van der Waals surface area contributed by atoms with Gasteiger partial charge in [-0.15, -0.1) is 0 Å². The first-order valence-corrected chi connectivity index (χ1v) is 3.81. The van der Waals surface area contributed by atoms with Gasteiger partial charge >= 0.3 is 0 Å². The van der Waals surface area contributed by atoms with Crippen molar-refractivity contribution in [3.63, 3.8) is 0 Å². The van der Waals surface area contributed by atoms with E-state index in [4.69, 9.17) is 23.2 Å². The normalized spacial score (nSPS) is 10.7. The zero-order valence-electron chi connectivity index (χ0n) is 5.44. The quantitative estimate of drug-likeness (QED) is 0.631. The highest BCUT2D eigenvalue weighted by atomic mass is 35.5. The molecule has 2 aromatic heterocycles. The number of hydrogen-bond acceptors (Lipinski definition) is 1. The van der Waals surface area contributed by atoms with Crippen LogP contribution in [0.15, 0.2) is 18.5 Å². The van der Waals surface area contributed by atoms with E-state index < -0.39 is 0 Å². The fourth-order valence-electron chi connectivity index (χ4n) is 0.961. The molecule has 0 radical (unpaired) electrons. The van der Waals surface area contributed by atoms with E-state index in [9.17, 15) is 0 Å². The number of hydrogen-bond donors (Lipinski definition) is 1. The van der Waals surface area contributed by atoms with Crippen LogP contribution in [-0.2, 0) is 0 Å². The maximum Gasteiger partial charge on any atom is 0.129 e. The molecule has 0 atom stereocenters. The monoisotopic (exact) mass is 186 g/mol. The molecule has 0 spiro atoms. The SMILES string of the molecule is Clc1cc2c(Cl)c[nH]c2cn1. The third kappa shape index (κ3) is 1.08. The fraction of sp³-hybridized carbons (Fsp3) is 0. The molecule has 4 heteroatoms. The summed E-state index contributed by atoms with van der Waals surface area (Å²) in [4.78, 5) is 6.86. The molecular weight excluding hydrogens is 183 g/mol. The van der Waals surface area contributed by atoms with Crippen LogP contribution in [0.2, 0.25) is 10.2 Å². The Morgan fingerprint density at radius 2 is 2.18 bits per heavy atom. The van der Waals surface area contributed by atoms with E-state index in [0.717, 1.165) is 10.9 Å². The highest BCUT2D eigenvalue weighted by Crippen LogP contribution is 2.23. The summed E-state index contributed by atoms with van der Waals surface area (Å²) < 4.78 is 0. The smallest absolute Gasteiger partial charge is 0.129 e. The number of aromatic amines is 1. The van der Waals surface area contributed by atoms with Crippen molar-refractivity contribution in [1.29, 1.82) is 0 Å². The summed E-state index contributed by atoms with van der Waals surface area (Å²) in [5, 5.41) is 2.04. The van der Waals surface area contributed by atoms with E-state index in [0.29, 0.717) is 10.2 Å². The first kappa shape index (κ1) is 6.95. The lowest BCUT2D eigenvalue weighted by molar-refractivity contribution is 1.34. The predicted molar refractivity (Wildman–Crippen MR) is 46.1 cm³/mol. The maximum atomic E-state index is 5.83. The summed E-state index contributed by atoms with van der Waals surface area (Å²) >= 11 is 11.5. The molecule has 0 unspecified atom stereocenters. The van der Waals surface area contributed by atoms with Crippen molar-refractivity contribution in [2.75, 3.05) is 0 Å². The average Bonchev–Trinajstić information content (AvgIpc) is 2.33. The van der Waals surface area contributed by atoms with Crippen LogP contribution in [-0.4, -0.2) is 9.97 Å². The van der Waals surface area contributed by atoms with Crippen molar-refractivity contribution in [3.8, 4) is 0 Å². The van der Waals surface area contributed by atoms with Gasteiger partial charge in [-0.25, -0.2) is 4.98 Å². The maximum absolute atomic E-state index is 5.83. The highest BCUT2D eigenvalue weighted by molar-refractivity contribution is 6.36. The van der Waals surface area contributed by atoms with Gasteiger partial charge in [0, 0.05) is 11.6 Å². The van der Waals surface area contributed by atoms with Crippen molar-refractivity contribution < 1.29 is 0 Å². The molecule has 11 heavy (non-hydrogen) atoms. The van der Waals surface area contributed by atoms with Gasteiger partial charge in [0.1, 0.15) is 5.15 Å². The Balaban J connectivity index is 2.87. The molecule has 0 aliphatic heterocycles. The van der Waals surface area contributed by atoms with Crippen LogP contribution in [0.1, 0.15) is 0 Å². The molecule has 0 aliphatic carbocycles. The van der Waals surface area contributed by atoms with Gasteiger partial charge in [-0.1, -0.05) is 23.2 Å². The van der Waals surface area contributed by atoms with E-state index in [-0.39, 0.29) is 0 Å². The molecule has 1 N–H and O–H groups in total. The number of nitrogens with one attached hydrogen (secondary N) is 1. The van der Waals surface area contributed by atoms with Gasteiger partial charge in [-0.05, 0) is 6.07 Å². The molecule has 0 aromatic carbocycles. The van der Waals surface area contributed by atoms with Crippen molar-refractivity contribution in [3.05, 3.63) is 28.6 Å².